The second-order valence-electron chi connectivity index (χ2n) is 2.29. The van der Waals surface area contributed by atoms with Crippen molar-refractivity contribution in [2.75, 3.05) is 0 Å². The first-order valence-electron chi connectivity index (χ1n) is 3.39. The minimum atomic E-state index is -0.0136. The largest absolute Gasteiger partial charge is 0.323 e. The Bertz CT molecular complexity index is 203. The summed E-state index contributed by atoms with van der Waals surface area (Å²) in [6.45, 7) is 4.75. The summed E-state index contributed by atoms with van der Waals surface area (Å²) < 4.78 is 1.76. The third-order valence-electron chi connectivity index (χ3n) is 1.35. The number of aromatic nitrogens is 3. The molecule has 0 aromatic carbocycles. The topological polar surface area (TPSA) is 56.7 Å². The molecule has 0 bridgehead atoms. The van der Waals surface area contributed by atoms with Crippen LogP contribution >= 0.6 is 0 Å². The maximum absolute atomic E-state index is 5.57. The van der Waals surface area contributed by atoms with E-state index in [4.69, 9.17) is 5.73 Å². The molecule has 1 aromatic rings. The van der Waals surface area contributed by atoms with Crippen LogP contribution in [0, 0.1) is 0 Å². The molecule has 2 N–H and O–H groups in total. The summed E-state index contributed by atoms with van der Waals surface area (Å²) >= 11 is 0. The summed E-state index contributed by atoms with van der Waals surface area (Å²) in [6, 6.07) is -0.0136. The van der Waals surface area contributed by atoms with E-state index in [0.717, 1.165) is 12.2 Å². The van der Waals surface area contributed by atoms with Crippen LogP contribution in [0.5, 0.6) is 0 Å². The second kappa shape index (κ2) is 2.79. The molecule has 0 aliphatic carbocycles. The van der Waals surface area contributed by atoms with Gasteiger partial charge in [0.1, 0.15) is 0 Å². The van der Waals surface area contributed by atoms with E-state index in [1.54, 1.807) is 4.68 Å². The smallest absolute Gasteiger partial charge is 0.0991 e. The van der Waals surface area contributed by atoms with Gasteiger partial charge in [0.2, 0.25) is 0 Å². The van der Waals surface area contributed by atoms with Crippen LogP contribution in [0.2, 0.25) is 0 Å². The lowest BCUT2D eigenvalue weighted by atomic mass is 10.3. The Labute approximate surface area is 60.0 Å². The van der Waals surface area contributed by atoms with E-state index in [0.29, 0.717) is 0 Å². The van der Waals surface area contributed by atoms with Gasteiger partial charge in [-0.05, 0) is 13.8 Å². The molecule has 0 spiro atoms. The van der Waals surface area contributed by atoms with E-state index in [2.05, 4.69) is 10.3 Å². The Morgan fingerprint density at radius 1 is 1.80 bits per heavy atom. The molecule has 1 unspecified atom stereocenters. The number of rotatable bonds is 2. The highest BCUT2D eigenvalue weighted by Crippen LogP contribution is 2.02. The molecule has 0 fully saturated rings. The molecular formula is C6H12N4. The highest BCUT2D eigenvalue weighted by molar-refractivity contribution is 4.97. The van der Waals surface area contributed by atoms with Gasteiger partial charge >= 0.3 is 0 Å². The van der Waals surface area contributed by atoms with Gasteiger partial charge in [0.25, 0.3) is 0 Å². The first kappa shape index (κ1) is 7.21. The molecule has 0 aliphatic rings. The van der Waals surface area contributed by atoms with Crippen LogP contribution in [0.1, 0.15) is 25.6 Å². The fraction of sp³-hybridized carbons (Fsp3) is 0.667. The molecule has 10 heavy (non-hydrogen) atoms. The predicted molar refractivity (Wildman–Crippen MR) is 38.3 cm³/mol. The van der Waals surface area contributed by atoms with Crippen LogP contribution in [0.4, 0.5) is 0 Å². The molecule has 0 saturated heterocycles. The first-order valence-corrected chi connectivity index (χ1v) is 3.39. The Balaban J connectivity index is 2.78. The lowest BCUT2D eigenvalue weighted by Gasteiger charge is -1.94. The minimum absolute atomic E-state index is 0.0136. The van der Waals surface area contributed by atoms with Crippen molar-refractivity contribution in [2.45, 2.75) is 26.4 Å². The van der Waals surface area contributed by atoms with Crippen molar-refractivity contribution in [1.82, 2.24) is 15.0 Å². The Morgan fingerprint density at radius 2 is 2.50 bits per heavy atom. The SMILES string of the molecule is CCn1cc(C(C)N)nn1. The molecule has 1 rings (SSSR count). The Hall–Kier alpha value is -0.900. The zero-order valence-corrected chi connectivity index (χ0v) is 6.28. The van der Waals surface area contributed by atoms with Crippen molar-refractivity contribution in [1.29, 1.82) is 0 Å². The van der Waals surface area contributed by atoms with Gasteiger partial charge in [-0.15, -0.1) is 5.10 Å². The third kappa shape index (κ3) is 1.33. The molecule has 1 heterocycles. The van der Waals surface area contributed by atoms with Gasteiger partial charge < -0.3 is 5.73 Å². The number of aryl methyl sites for hydroxylation is 1. The number of hydrogen-bond donors (Lipinski definition) is 1. The van der Waals surface area contributed by atoms with E-state index < -0.39 is 0 Å². The summed E-state index contributed by atoms with van der Waals surface area (Å²) in [4.78, 5) is 0. The van der Waals surface area contributed by atoms with Gasteiger partial charge in [0.05, 0.1) is 5.69 Å². The highest BCUT2D eigenvalue weighted by atomic mass is 15.4. The average molecular weight is 140 g/mol. The first-order chi connectivity index (χ1) is 4.74. The fourth-order valence-corrected chi connectivity index (χ4v) is 0.677. The van der Waals surface area contributed by atoms with Crippen LogP contribution in [-0.4, -0.2) is 15.0 Å². The van der Waals surface area contributed by atoms with Gasteiger partial charge in [-0.1, -0.05) is 5.21 Å². The quantitative estimate of drug-likeness (QED) is 0.643. The number of nitrogens with zero attached hydrogens (tertiary/aromatic N) is 3. The third-order valence-corrected chi connectivity index (χ3v) is 1.35. The average Bonchev–Trinajstić information content (AvgIpc) is 2.34. The summed E-state index contributed by atoms with van der Waals surface area (Å²) in [7, 11) is 0. The van der Waals surface area contributed by atoms with Crippen molar-refractivity contribution in [3.8, 4) is 0 Å². The van der Waals surface area contributed by atoms with E-state index in [1.165, 1.54) is 0 Å². The van der Waals surface area contributed by atoms with Gasteiger partial charge in [-0.2, -0.15) is 0 Å². The zero-order valence-electron chi connectivity index (χ0n) is 6.28. The van der Waals surface area contributed by atoms with Gasteiger partial charge in [0.15, 0.2) is 0 Å². The van der Waals surface area contributed by atoms with Crippen molar-refractivity contribution >= 4 is 0 Å². The molecule has 1 atom stereocenters. The summed E-state index contributed by atoms with van der Waals surface area (Å²) in [5.74, 6) is 0. The maximum Gasteiger partial charge on any atom is 0.0991 e. The highest BCUT2D eigenvalue weighted by Gasteiger charge is 2.02. The van der Waals surface area contributed by atoms with Gasteiger partial charge in [0, 0.05) is 18.8 Å². The molecule has 1 aromatic heterocycles. The summed E-state index contributed by atoms with van der Waals surface area (Å²) in [6.07, 6.45) is 1.87. The number of nitrogens with two attached hydrogens (primary N) is 1. The van der Waals surface area contributed by atoms with Crippen LogP contribution in [0.15, 0.2) is 6.20 Å². The Kier molecular flexibility index (Phi) is 2.01. The Morgan fingerprint density at radius 3 is 2.80 bits per heavy atom. The van der Waals surface area contributed by atoms with E-state index in [-0.39, 0.29) is 6.04 Å². The van der Waals surface area contributed by atoms with Crippen LogP contribution in [-0.2, 0) is 6.54 Å². The minimum Gasteiger partial charge on any atom is -0.323 e. The standard InChI is InChI=1S/C6H12N4/c1-3-10-4-6(5(2)7)8-9-10/h4-5H,3,7H2,1-2H3. The van der Waals surface area contributed by atoms with Crippen LogP contribution in [0.25, 0.3) is 0 Å². The van der Waals surface area contributed by atoms with Crippen LogP contribution < -0.4 is 5.73 Å². The molecule has 0 saturated carbocycles. The molecule has 4 nitrogen and oxygen atoms in total. The van der Waals surface area contributed by atoms with Crippen molar-refractivity contribution in [2.24, 2.45) is 5.73 Å². The molecule has 0 amide bonds. The van der Waals surface area contributed by atoms with E-state index in [9.17, 15) is 0 Å². The monoisotopic (exact) mass is 140 g/mol. The van der Waals surface area contributed by atoms with Crippen molar-refractivity contribution in [3.63, 3.8) is 0 Å². The molecule has 4 heteroatoms. The summed E-state index contributed by atoms with van der Waals surface area (Å²) in [5, 5.41) is 7.72. The summed E-state index contributed by atoms with van der Waals surface area (Å²) in [5.41, 5.74) is 6.41. The van der Waals surface area contributed by atoms with Crippen LogP contribution in [0.3, 0.4) is 0 Å². The van der Waals surface area contributed by atoms with Gasteiger partial charge in [-0.3, -0.25) is 4.68 Å². The fourth-order valence-electron chi connectivity index (χ4n) is 0.677. The van der Waals surface area contributed by atoms with E-state index >= 15 is 0 Å². The predicted octanol–water partition coefficient (Wildman–Crippen LogP) is 0.318. The lowest BCUT2D eigenvalue weighted by molar-refractivity contribution is 0.626. The maximum atomic E-state index is 5.57. The second-order valence-corrected chi connectivity index (χ2v) is 2.29. The lowest BCUT2D eigenvalue weighted by Crippen LogP contribution is -2.04. The molecular weight excluding hydrogens is 128 g/mol. The molecule has 56 valence electrons. The molecule has 0 radical (unpaired) electrons. The normalized spacial score (nSPS) is 13.5. The zero-order chi connectivity index (χ0) is 7.56. The van der Waals surface area contributed by atoms with E-state index in [1.807, 2.05) is 20.0 Å². The van der Waals surface area contributed by atoms with Crippen molar-refractivity contribution in [3.05, 3.63) is 11.9 Å². The van der Waals surface area contributed by atoms with Gasteiger partial charge in [-0.25, -0.2) is 0 Å². The molecule has 0 aliphatic heterocycles. The van der Waals surface area contributed by atoms with Crippen molar-refractivity contribution < 1.29 is 0 Å². The number of hydrogen-bond acceptors (Lipinski definition) is 3.